The summed E-state index contributed by atoms with van der Waals surface area (Å²) in [6.45, 7) is 0. The van der Waals surface area contributed by atoms with Gasteiger partial charge in [-0.25, -0.2) is 4.39 Å². The Kier molecular flexibility index (Phi) is 3.42. The lowest BCUT2D eigenvalue weighted by molar-refractivity contribution is -0.140. The highest BCUT2D eigenvalue weighted by Crippen LogP contribution is 2.36. The molecule has 0 spiro atoms. The standard InChI is InChI=1S/C9H5ClF4O2/c1-16-6-3-4(8(10)15)2-5(7(6)11)9(12,13)14/h2-3H,1H3. The molecule has 0 aliphatic heterocycles. The number of rotatable bonds is 2. The van der Waals surface area contributed by atoms with Crippen LogP contribution in [-0.4, -0.2) is 12.4 Å². The summed E-state index contributed by atoms with van der Waals surface area (Å²) < 4.78 is 54.7. The van der Waals surface area contributed by atoms with Crippen molar-refractivity contribution in [3.8, 4) is 5.75 Å². The lowest BCUT2D eigenvalue weighted by Crippen LogP contribution is -2.11. The first-order valence-electron chi connectivity index (χ1n) is 3.92. The Balaban J connectivity index is 3.48. The second-order valence-corrected chi connectivity index (χ2v) is 3.15. The molecule has 2 nitrogen and oxygen atoms in total. The fourth-order valence-electron chi connectivity index (χ4n) is 1.07. The molecule has 0 fully saturated rings. The summed E-state index contributed by atoms with van der Waals surface area (Å²) in [6.07, 6.45) is -4.92. The van der Waals surface area contributed by atoms with Crippen molar-refractivity contribution >= 4 is 16.8 Å². The maximum atomic E-state index is 13.2. The molecule has 88 valence electrons. The normalized spacial score (nSPS) is 11.4. The number of carbonyl (C=O) groups is 1. The van der Waals surface area contributed by atoms with E-state index in [-0.39, 0.29) is 0 Å². The first-order valence-corrected chi connectivity index (χ1v) is 4.29. The van der Waals surface area contributed by atoms with Crippen molar-refractivity contribution in [2.24, 2.45) is 0 Å². The molecule has 1 rings (SSSR count). The third kappa shape index (κ3) is 2.44. The van der Waals surface area contributed by atoms with Crippen molar-refractivity contribution in [3.05, 3.63) is 29.1 Å². The molecule has 1 aromatic carbocycles. The zero-order valence-corrected chi connectivity index (χ0v) is 8.62. The van der Waals surface area contributed by atoms with E-state index in [2.05, 4.69) is 4.74 Å². The molecule has 0 N–H and O–H groups in total. The van der Waals surface area contributed by atoms with Crippen LogP contribution < -0.4 is 4.74 Å². The van der Waals surface area contributed by atoms with E-state index in [1.807, 2.05) is 0 Å². The van der Waals surface area contributed by atoms with Gasteiger partial charge < -0.3 is 4.74 Å². The maximum Gasteiger partial charge on any atom is 0.419 e. The number of benzene rings is 1. The zero-order valence-electron chi connectivity index (χ0n) is 7.86. The van der Waals surface area contributed by atoms with E-state index in [0.717, 1.165) is 13.2 Å². The summed E-state index contributed by atoms with van der Waals surface area (Å²) in [7, 11) is 0.987. The Morgan fingerprint density at radius 1 is 1.38 bits per heavy atom. The molecule has 0 saturated heterocycles. The molecule has 0 saturated carbocycles. The van der Waals surface area contributed by atoms with Crippen LogP contribution in [0.5, 0.6) is 5.75 Å². The van der Waals surface area contributed by atoms with Crippen LogP contribution >= 0.6 is 11.6 Å². The average molecular weight is 257 g/mol. The lowest BCUT2D eigenvalue weighted by Gasteiger charge is -2.11. The average Bonchev–Trinajstić information content (AvgIpc) is 2.15. The van der Waals surface area contributed by atoms with Crippen molar-refractivity contribution < 1.29 is 27.1 Å². The van der Waals surface area contributed by atoms with E-state index in [4.69, 9.17) is 11.6 Å². The van der Waals surface area contributed by atoms with E-state index in [9.17, 15) is 22.4 Å². The first kappa shape index (κ1) is 12.8. The van der Waals surface area contributed by atoms with Crippen LogP contribution in [0.1, 0.15) is 15.9 Å². The molecule has 0 aliphatic rings. The number of hydrogen-bond acceptors (Lipinski definition) is 2. The number of hydrogen-bond donors (Lipinski definition) is 0. The minimum Gasteiger partial charge on any atom is -0.494 e. The van der Waals surface area contributed by atoms with Gasteiger partial charge >= 0.3 is 6.18 Å². The van der Waals surface area contributed by atoms with Crippen molar-refractivity contribution in [2.45, 2.75) is 6.18 Å². The molecule has 0 bridgehead atoms. The predicted molar refractivity (Wildman–Crippen MR) is 48.1 cm³/mol. The van der Waals surface area contributed by atoms with Crippen molar-refractivity contribution in [1.29, 1.82) is 0 Å². The van der Waals surface area contributed by atoms with Gasteiger partial charge in [0.15, 0.2) is 11.6 Å². The van der Waals surface area contributed by atoms with Gasteiger partial charge in [-0.3, -0.25) is 4.79 Å². The van der Waals surface area contributed by atoms with Gasteiger partial charge in [-0.05, 0) is 23.7 Å². The summed E-state index contributed by atoms with van der Waals surface area (Å²) in [5.74, 6) is -2.25. The molecular formula is C9H5ClF4O2. The van der Waals surface area contributed by atoms with E-state index in [0.29, 0.717) is 6.07 Å². The third-order valence-corrected chi connectivity index (χ3v) is 2.01. The smallest absolute Gasteiger partial charge is 0.419 e. The van der Waals surface area contributed by atoms with Gasteiger partial charge in [0.05, 0.1) is 12.7 Å². The molecule has 0 radical (unpaired) electrons. The lowest BCUT2D eigenvalue weighted by atomic mass is 10.1. The Morgan fingerprint density at radius 2 is 1.94 bits per heavy atom. The number of halogens is 5. The fourth-order valence-corrected chi connectivity index (χ4v) is 1.18. The Bertz CT molecular complexity index is 428. The molecule has 1 aromatic rings. The van der Waals surface area contributed by atoms with E-state index < -0.39 is 34.1 Å². The van der Waals surface area contributed by atoms with Gasteiger partial charge in [-0.15, -0.1) is 0 Å². The Labute approximate surface area is 92.8 Å². The summed E-state index contributed by atoms with van der Waals surface area (Å²) >= 11 is 5.02. The van der Waals surface area contributed by atoms with Crippen LogP contribution in [0, 0.1) is 5.82 Å². The molecule has 0 heterocycles. The molecule has 0 aromatic heterocycles. The summed E-state index contributed by atoms with van der Waals surface area (Å²) in [5, 5.41) is -1.12. The van der Waals surface area contributed by atoms with Crippen LogP contribution in [0.4, 0.5) is 17.6 Å². The minimum absolute atomic E-state index is 0.340. The number of alkyl halides is 3. The summed E-state index contributed by atoms with van der Waals surface area (Å²) in [5.41, 5.74) is -2.07. The topological polar surface area (TPSA) is 26.3 Å². The zero-order chi connectivity index (χ0) is 12.5. The monoisotopic (exact) mass is 256 g/mol. The van der Waals surface area contributed by atoms with E-state index in [1.54, 1.807) is 0 Å². The van der Waals surface area contributed by atoms with E-state index in [1.165, 1.54) is 0 Å². The van der Waals surface area contributed by atoms with Crippen molar-refractivity contribution in [2.75, 3.05) is 7.11 Å². The molecule has 7 heteroatoms. The van der Waals surface area contributed by atoms with Crippen LogP contribution in [-0.2, 0) is 6.18 Å². The van der Waals surface area contributed by atoms with Crippen molar-refractivity contribution in [1.82, 2.24) is 0 Å². The largest absolute Gasteiger partial charge is 0.494 e. The molecule has 0 atom stereocenters. The maximum absolute atomic E-state index is 13.2. The number of ether oxygens (including phenoxy) is 1. The van der Waals surface area contributed by atoms with Crippen LogP contribution in [0.2, 0.25) is 0 Å². The third-order valence-electron chi connectivity index (χ3n) is 1.79. The van der Waals surface area contributed by atoms with Gasteiger partial charge in [0.25, 0.3) is 5.24 Å². The van der Waals surface area contributed by atoms with Gasteiger partial charge in [0.2, 0.25) is 0 Å². The van der Waals surface area contributed by atoms with Gasteiger partial charge in [0, 0.05) is 5.56 Å². The fraction of sp³-hybridized carbons (Fsp3) is 0.222. The first-order chi connectivity index (χ1) is 7.27. The second kappa shape index (κ2) is 4.29. The highest BCUT2D eigenvalue weighted by atomic mass is 35.5. The Hall–Kier alpha value is -1.30. The minimum atomic E-state index is -4.92. The molecule has 0 aliphatic carbocycles. The van der Waals surface area contributed by atoms with Gasteiger partial charge in [-0.2, -0.15) is 13.2 Å². The number of carbonyl (C=O) groups excluding carboxylic acids is 1. The molecule has 16 heavy (non-hydrogen) atoms. The highest BCUT2D eigenvalue weighted by molar-refractivity contribution is 6.67. The SMILES string of the molecule is COc1cc(C(=O)Cl)cc(C(F)(F)F)c1F. The second-order valence-electron chi connectivity index (χ2n) is 2.81. The van der Waals surface area contributed by atoms with Gasteiger partial charge in [0.1, 0.15) is 0 Å². The highest BCUT2D eigenvalue weighted by Gasteiger charge is 2.36. The quantitative estimate of drug-likeness (QED) is 0.600. The van der Waals surface area contributed by atoms with Crippen LogP contribution in [0.15, 0.2) is 12.1 Å². The van der Waals surface area contributed by atoms with Crippen molar-refractivity contribution in [3.63, 3.8) is 0 Å². The predicted octanol–water partition coefficient (Wildman–Crippen LogP) is 3.23. The number of methoxy groups -OCH3 is 1. The molecule has 0 amide bonds. The van der Waals surface area contributed by atoms with Crippen LogP contribution in [0.3, 0.4) is 0 Å². The van der Waals surface area contributed by atoms with E-state index >= 15 is 0 Å². The summed E-state index contributed by atoms with van der Waals surface area (Å²) in [4.78, 5) is 10.7. The van der Waals surface area contributed by atoms with Gasteiger partial charge in [-0.1, -0.05) is 0 Å². The Morgan fingerprint density at radius 3 is 2.31 bits per heavy atom. The molecular weight excluding hydrogens is 252 g/mol. The molecule has 0 unspecified atom stereocenters. The summed E-state index contributed by atoms with van der Waals surface area (Å²) in [6, 6.07) is 1.15. The van der Waals surface area contributed by atoms with Crippen LogP contribution in [0.25, 0.3) is 0 Å².